The summed E-state index contributed by atoms with van der Waals surface area (Å²) in [6, 6.07) is 25.7. The molecule has 0 spiro atoms. The molecule has 0 radical (unpaired) electrons. The molecule has 4 aromatic rings. The number of hydrogen-bond acceptors (Lipinski definition) is 10. The predicted molar refractivity (Wildman–Crippen MR) is 161 cm³/mol. The Bertz CT molecular complexity index is 1550. The molecule has 0 aliphatic carbocycles. The van der Waals surface area contributed by atoms with Gasteiger partial charge in [0.05, 0.1) is 23.8 Å². The molecule has 0 unspecified atom stereocenters. The molecule has 0 bridgehead atoms. The Balaban J connectivity index is 1.67. The van der Waals surface area contributed by atoms with Gasteiger partial charge < -0.3 is 20.8 Å². The monoisotopic (exact) mass is 575 g/mol. The molecule has 41 heavy (non-hydrogen) atoms. The first kappa shape index (κ1) is 29.6. The van der Waals surface area contributed by atoms with E-state index in [2.05, 4.69) is 25.9 Å². The summed E-state index contributed by atoms with van der Waals surface area (Å²) in [4.78, 5) is 9.50. The zero-order valence-corrected chi connectivity index (χ0v) is 23.4. The van der Waals surface area contributed by atoms with Gasteiger partial charge in [-0.25, -0.2) is 13.1 Å². The van der Waals surface area contributed by atoms with Crippen LogP contribution in [0.4, 0.5) is 23.3 Å². The molecule has 0 atom stereocenters. The molecule has 214 valence electrons. The molecular weight excluding hydrogens is 542 g/mol. The Morgan fingerprint density at radius 3 is 2.12 bits per heavy atom. The van der Waals surface area contributed by atoms with Crippen LogP contribution in [0.2, 0.25) is 0 Å². The van der Waals surface area contributed by atoms with E-state index in [9.17, 15) is 13.5 Å². The molecule has 0 saturated heterocycles. The fourth-order valence-electron chi connectivity index (χ4n) is 3.91. The second-order valence-corrected chi connectivity index (χ2v) is 10.7. The van der Waals surface area contributed by atoms with Crippen LogP contribution in [0.3, 0.4) is 0 Å². The van der Waals surface area contributed by atoms with Gasteiger partial charge in [0.25, 0.3) is 0 Å². The van der Waals surface area contributed by atoms with Crippen LogP contribution in [-0.4, -0.2) is 60.6 Å². The first-order chi connectivity index (χ1) is 19.9. The van der Waals surface area contributed by atoms with Crippen LogP contribution >= 0.6 is 0 Å². The summed E-state index contributed by atoms with van der Waals surface area (Å²) < 4.78 is 27.0. The van der Waals surface area contributed by atoms with Crippen molar-refractivity contribution < 1.29 is 18.6 Å². The summed E-state index contributed by atoms with van der Waals surface area (Å²) in [5.74, 6) is 1.36. The Hall–Kier alpha value is -4.36. The lowest BCUT2D eigenvalue weighted by atomic mass is 10.1. The maximum atomic E-state index is 12.3. The number of aromatic nitrogens is 2. The minimum Gasteiger partial charge on any atom is -0.395 e. The number of benzene rings is 3. The fourth-order valence-corrected chi connectivity index (χ4v) is 4.93. The van der Waals surface area contributed by atoms with Gasteiger partial charge in [-0.15, -0.1) is 0 Å². The number of nitrogens with zero attached hydrogens (tertiary/aromatic N) is 3. The quantitative estimate of drug-likeness (QED) is 0.0979. The van der Waals surface area contributed by atoms with Gasteiger partial charge in [-0.05, 0) is 42.3 Å². The molecular formula is C29H33N7O4S. The summed E-state index contributed by atoms with van der Waals surface area (Å²) in [6.45, 7) is 1.68. The Kier molecular flexibility index (Phi) is 10.3. The number of anilines is 4. The highest BCUT2D eigenvalue weighted by molar-refractivity contribution is 7.89. The average Bonchev–Trinajstić information content (AvgIpc) is 3.00. The molecule has 0 aliphatic heterocycles. The molecule has 12 heteroatoms. The molecule has 0 amide bonds. The standard InChI is InChI=1S/C29H33N7O4S/c1-21(23-12-14-25(15-13-23)41(39,40)31-17-19-38)35-36-28-26(20-22-8-4-2-5-9-22)27(30-16-18-37)33-29(34-28)32-24-10-6-3-7-11-24/h2-15,31,37-38H,16-20H2,1H3,(H3,30,32,33,34,36). The third kappa shape index (κ3) is 8.32. The normalized spacial score (nSPS) is 11.7. The van der Waals surface area contributed by atoms with Crippen molar-refractivity contribution in [1.82, 2.24) is 14.7 Å². The van der Waals surface area contributed by atoms with Gasteiger partial charge in [0.15, 0.2) is 5.82 Å². The summed E-state index contributed by atoms with van der Waals surface area (Å²) in [5, 5.41) is 29.4. The van der Waals surface area contributed by atoms with E-state index in [1.54, 1.807) is 19.1 Å². The molecule has 1 heterocycles. The molecule has 0 aliphatic rings. The summed E-state index contributed by atoms with van der Waals surface area (Å²) >= 11 is 0. The van der Waals surface area contributed by atoms with Crippen molar-refractivity contribution in [2.24, 2.45) is 5.10 Å². The Morgan fingerprint density at radius 2 is 1.46 bits per heavy atom. The maximum absolute atomic E-state index is 12.3. The van der Waals surface area contributed by atoms with Crippen molar-refractivity contribution in [3.05, 3.63) is 102 Å². The van der Waals surface area contributed by atoms with Crippen LogP contribution in [0.25, 0.3) is 0 Å². The van der Waals surface area contributed by atoms with E-state index in [-0.39, 0.29) is 24.7 Å². The zero-order chi connectivity index (χ0) is 29.1. The highest BCUT2D eigenvalue weighted by Gasteiger charge is 2.17. The molecule has 0 fully saturated rings. The van der Waals surface area contributed by atoms with Crippen molar-refractivity contribution in [2.75, 3.05) is 42.4 Å². The van der Waals surface area contributed by atoms with Gasteiger partial charge in [0.1, 0.15) is 5.82 Å². The lowest BCUT2D eigenvalue weighted by molar-refractivity contribution is 0.301. The number of aliphatic hydroxyl groups excluding tert-OH is 2. The molecule has 0 saturated carbocycles. The molecule has 11 nitrogen and oxygen atoms in total. The summed E-state index contributed by atoms with van der Waals surface area (Å²) in [6.07, 6.45) is 0.504. The third-order valence-electron chi connectivity index (χ3n) is 5.98. The van der Waals surface area contributed by atoms with E-state index >= 15 is 0 Å². The van der Waals surface area contributed by atoms with E-state index in [0.717, 1.165) is 16.8 Å². The molecule has 1 aromatic heterocycles. The first-order valence-corrected chi connectivity index (χ1v) is 14.5. The third-order valence-corrected chi connectivity index (χ3v) is 7.46. The predicted octanol–water partition coefficient (Wildman–Crippen LogP) is 3.32. The lowest BCUT2D eigenvalue weighted by Crippen LogP contribution is -2.26. The number of nitrogens with one attached hydrogen (secondary N) is 4. The Labute approximate surface area is 239 Å². The van der Waals surface area contributed by atoms with Crippen molar-refractivity contribution in [3.63, 3.8) is 0 Å². The highest BCUT2D eigenvalue weighted by Crippen LogP contribution is 2.28. The van der Waals surface area contributed by atoms with Crippen LogP contribution in [0.15, 0.2) is 94.9 Å². The van der Waals surface area contributed by atoms with Gasteiger partial charge in [-0.1, -0.05) is 60.7 Å². The second kappa shape index (κ2) is 14.3. The smallest absolute Gasteiger partial charge is 0.240 e. The molecule has 6 N–H and O–H groups in total. The minimum absolute atomic E-state index is 0.0605. The van der Waals surface area contributed by atoms with E-state index in [4.69, 9.17) is 15.1 Å². The van der Waals surface area contributed by atoms with Gasteiger partial charge in [-0.2, -0.15) is 15.1 Å². The number of hydrogen-bond donors (Lipinski definition) is 6. The number of hydrazone groups is 1. The van der Waals surface area contributed by atoms with Gasteiger partial charge >= 0.3 is 0 Å². The Morgan fingerprint density at radius 1 is 0.829 bits per heavy atom. The van der Waals surface area contributed by atoms with Gasteiger partial charge in [0, 0.05) is 30.8 Å². The van der Waals surface area contributed by atoms with E-state index in [1.165, 1.54) is 12.1 Å². The van der Waals surface area contributed by atoms with Crippen LogP contribution < -0.4 is 20.8 Å². The van der Waals surface area contributed by atoms with Crippen LogP contribution in [0.1, 0.15) is 23.6 Å². The number of para-hydroxylation sites is 1. The van der Waals surface area contributed by atoms with Gasteiger partial charge in [0.2, 0.25) is 16.0 Å². The van der Waals surface area contributed by atoms with Crippen LogP contribution in [-0.2, 0) is 16.4 Å². The summed E-state index contributed by atoms with van der Waals surface area (Å²) in [5.41, 5.74) is 7.01. The number of sulfonamides is 1. The van der Waals surface area contributed by atoms with Crippen LogP contribution in [0, 0.1) is 0 Å². The van der Waals surface area contributed by atoms with Gasteiger partial charge in [-0.3, -0.25) is 5.43 Å². The summed E-state index contributed by atoms with van der Waals surface area (Å²) in [7, 11) is -3.71. The van der Waals surface area contributed by atoms with Crippen molar-refractivity contribution in [1.29, 1.82) is 0 Å². The number of rotatable bonds is 14. The SMILES string of the molecule is CC(=NNc1nc(Nc2ccccc2)nc(NCCO)c1Cc1ccccc1)c1ccc(S(=O)(=O)NCCO)cc1. The largest absolute Gasteiger partial charge is 0.395 e. The van der Waals surface area contributed by atoms with Crippen molar-refractivity contribution >= 4 is 39.0 Å². The van der Waals surface area contributed by atoms with E-state index < -0.39 is 10.0 Å². The van der Waals surface area contributed by atoms with Crippen molar-refractivity contribution in [2.45, 2.75) is 18.2 Å². The highest BCUT2D eigenvalue weighted by atomic mass is 32.2. The van der Waals surface area contributed by atoms with E-state index in [0.29, 0.717) is 41.8 Å². The zero-order valence-electron chi connectivity index (χ0n) is 22.6. The second-order valence-electron chi connectivity index (χ2n) is 8.98. The molecule has 3 aromatic carbocycles. The topological polar surface area (TPSA) is 161 Å². The maximum Gasteiger partial charge on any atom is 0.240 e. The number of aliphatic hydroxyl groups is 2. The average molecular weight is 576 g/mol. The van der Waals surface area contributed by atoms with E-state index in [1.807, 2.05) is 60.7 Å². The molecule has 4 rings (SSSR count). The fraction of sp³-hybridized carbons (Fsp3) is 0.207. The first-order valence-electron chi connectivity index (χ1n) is 13.0. The minimum atomic E-state index is -3.71. The lowest BCUT2D eigenvalue weighted by Gasteiger charge is -2.17. The van der Waals surface area contributed by atoms with Crippen LogP contribution in [0.5, 0.6) is 0 Å². The van der Waals surface area contributed by atoms with Crippen molar-refractivity contribution in [3.8, 4) is 0 Å².